The van der Waals surface area contributed by atoms with Crippen LogP contribution in [0.1, 0.15) is 13.3 Å². The monoisotopic (exact) mass is 128 g/mol. The summed E-state index contributed by atoms with van der Waals surface area (Å²) in [5.74, 6) is -0.471. The van der Waals surface area contributed by atoms with Crippen LogP contribution in [-0.2, 0) is 9.59 Å². The van der Waals surface area contributed by atoms with Crippen molar-refractivity contribution >= 4 is 11.6 Å². The highest BCUT2D eigenvalue weighted by Crippen LogP contribution is 1.87. The van der Waals surface area contributed by atoms with Gasteiger partial charge in [0, 0.05) is 0 Å². The van der Waals surface area contributed by atoms with Crippen molar-refractivity contribution in [1.29, 1.82) is 0 Å². The van der Waals surface area contributed by atoms with E-state index in [0.717, 1.165) is 0 Å². The number of rotatable bonds is 3. The number of nitrogens with two attached hydrogens (primary N) is 1. The Morgan fingerprint density at radius 3 is 2.22 bits per heavy atom. The van der Waals surface area contributed by atoms with Crippen LogP contribution in [0.15, 0.2) is 0 Å². The minimum atomic E-state index is -0.756. The predicted molar refractivity (Wildman–Crippen MR) is 33.6 cm³/mol. The fraction of sp³-hybridized carbons (Fsp3) is 0.500. The van der Waals surface area contributed by atoms with Gasteiger partial charge in [-0.15, -0.1) is 0 Å². The molecule has 1 atom stereocenters. The summed E-state index contributed by atoms with van der Waals surface area (Å²) >= 11 is 0. The molecule has 51 valence electrons. The number of ketones is 2. The first-order chi connectivity index (χ1) is 4.04. The van der Waals surface area contributed by atoms with E-state index in [-0.39, 0.29) is 18.0 Å². The highest BCUT2D eigenvalue weighted by atomic mass is 16.1. The maximum Gasteiger partial charge on any atom is 0.156 e. The number of carbonyl (C=O) groups excluding carboxylic acids is 2. The molecule has 0 aliphatic rings. The number of hydrogen-bond donors (Lipinski definition) is 1. The summed E-state index contributed by atoms with van der Waals surface area (Å²) in [6.45, 7) is 4.61. The maximum atomic E-state index is 10.5. The van der Waals surface area contributed by atoms with Gasteiger partial charge in [-0.2, -0.15) is 0 Å². The van der Waals surface area contributed by atoms with Gasteiger partial charge in [0.05, 0.1) is 12.5 Å². The van der Waals surface area contributed by atoms with Crippen LogP contribution in [0.25, 0.3) is 0 Å². The van der Waals surface area contributed by atoms with Crippen molar-refractivity contribution in [3.63, 3.8) is 0 Å². The summed E-state index contributed by atoms with van der Waals surface area (Å²) in [6, 6.07) is -0.756. The number of hydrogen-bond acceptors (Lipinski definition) is 3. The fourth-order valence-corrected chi connectivity index (χ4v) is 0.376. The lowest BCUT2D eigenvalue weighted by molar-refractivity contribution is -0.126. The molecule has 1 radical (unpaired) electrons. The number of carbonyl (C=O) groups is 2. The average Bonchev–Trinajstić information content (AvgIpc) is 1.63. The standard InChI is InChI=1S/C6H10NO2/c1-4(8)3-6(9)5(2)7/h5H,2-3,7H2,1H3. The second kappa shape index (κ2) is 3.35. The van der Waals surface area contributed by atoms with Crippen molar-refractivity contribution < 1.29 is 9.59 Å². The highest BCUT2D eigenvalue weighted by molar-refractivity contribution is 6.00. The van der Waals surface area contributed by atoms with Gasteiger partial charge >= 0.3 is 0 Å². The van der Waals surface area contributed by atoms with Crippen LogP contribution in [0, 0.1) is 6.92 Å². The minimum Gasteiger partial charge on any atom is -0.321 e. The molecule has 0 aliphatic carbocycles. The van der Waals surface area contributed by atoms with Crippen LogP contribution in [0.3, 0.4) is 0 Å². The summed E-state index contributed by atoms with van der Waals surface area (Å²) in [6.07, 6.45) is -0.0926. The highest BCUT2D eigenvalue weighted by Gasteiger charge is 2.08. The maximum absolute atomic E-state index is 10.5. The molecular weight excluding hydrogens is 118 g/mol. The first kappa shape index (κ1) is 8.30. The van der Waals surface area contributed by atoms with E-state index >= 15 is 0 Å². The van der Waals surface area contributed by atoms with Gasteiger partial charge in [-0.1, -0.05) is 0 Å². The fourth-order valence-electron chi connectivity index (χ4n) is 0.376. The van der Waals surface area contributed by atoms with Gasteiger partial charge < -0.3 is 5.73 Å². The van der Waals surface area contributed by atoms with Crippen LogP contribution in [0.5, 0.6) is 0 Å². The summed E-state index contributed by atoms with van der Waals surface area (Å²) < 4.78 is 0. The summed E-state index contributed by atoms with van der Waals surface area (Å²) in [7, 11) is 0. The smallest absolute Gasteiger partial charge is 0.156 e. The van der Waals surface area contributed by atoms with Crippen molar-refractivity contribution in [2.75, 3.05) is 0 Å². The molecule has 3 nitrogen and oxygen atoms in total. The van der Waals surface area contributed by atoms with Crippen molar-refractivity contribution in [2.45, 2.75) is 19.4 Å². The molecule has 0 spiro atoms. The average molecular weight is 128 g/mol. The van der Waals surface area contributed by atoms with Gasteiger partial charge in [-0.25, -0.2) is 0 Å². The molecule has 0 amide bonds. The lowest BCUT2D eigenvalue weighted by Crippen LogP contribution is -2.28. The quantitative estimate of drug-likeness (QED) is 0.530. The Morgan fingerprint density at radius 2 is 2.11 bits per heavy atom. The summed E-state index contributed by atoms with van der Waals surface area (Å²) in [4.78, 5) is 20.8. The van der Waals surface area contributed by atoms with Crippen LogP contribution in [0.2, 0.25) is 0 Å². The Morgan fingerprint density at radius 1 is 1.67 bits per heavy atom. The Balaban J connectivity index is 3.64. The molecule has 0 aromatic rings. The van der Waals surface area contributed by atoms with Gasteiger partial charge in [0.1, 0.15) is 5.78 Å². The second-order valence-electron chi connectivity index (χ2n) is 1.95. The second-order valence-corrected chi connectivity index (χ2v) is 1.95. The van der Waals surface area contributed by atoms with Crippen LogP contribution in [-0.4, -0.2) is 17.6 Å². The first-order valence-corrected chi connectivity index (χ1v) is 2.65. The summed E-state index contributed by atoms with van der Waals surface area (Å²) in [5.41, 5.74) is 5.07. The zero-order valence-corrected chi connectivity index (χ0v) is 5.39. The van der Waals surface area contributed by atoms with Crippen LogP contribution < -0.4 is 5.73 Å². The van der Waals surface area contributed by atoms with Gasteiger partial charge in [-0.05, 0) is 13.8 Å². The van der Waals surface area contributed by atoms with Gasteiger partial charge in [0.15, 0.2) is 5.78 Å². The minimum absolute atomic E-state index is 0.0926. The molecule has 0 heterocycles. The lowest BCUT2D eigenvalue weighted by Gasteiger charge is -1.98. The molecule has 0 aromatic carbocycles. The lowest BCUT2D eigenvalue weighted by atomic mass is 10.1. The Hall–Kier alpha value is -0.700. The van der Waals surface area contributed by atoms with Crippen molar-refractivity contribution in [3.8, 4) is 0 Å². The number of Topliss-reactive ketones (excluding diaryl/α,β-unsaturated/α-hetero) is 2. The summed E-state index contributed by atoms with van der Waals surface area (Å²) in [5, 5.41) is 0. The molecule has 0 rings (SSSR count). The largest absolute Gasteiger partial charge is 0.321 e. The Bertz CT molecular complexity index is 129. The SMILES string of the molecule is [CH2]C(N)C(=O)CC(C)=O. The Labute approximate surface area is 54.2 Å². The third-order valence-electron chi connectivity index (χ3n) is 0.837. The third kappa shape index (κ3) is 3.85. The molecule has 2 N–H and O–H groups in total. The molecule has 0 bridgehead atoms. The first-order valence-electron chi connectivity index (χ1n) is 2.65. The van der Waals surface area contributed by atoms with E-state index < -0.39 is 6.04 Å². The van der Waals surface area contributed by atoms with E-state index in [1.807, 2.05) is 0 Å². The third-order valence-corrected chi connectivity index (χ3v) is 0.837. The molecule has 0 fully saturated rings. The van der Waals surface area contributed by atoms with E-state index in [0.29, 0.717) is 0 Å². The molecule has 0 saturated heterocycles. The molecule has 0 aromatic heterocycles. The van der Waals surface area contributed by atoms with Crippen molar-refractivity contribution in [1.82, 2.24) is 0 Å². The molecule has 3 heteroatoms. The molecule has 1 unspecified atom stereocenters. The van der Waals surface area contributed by atoms with Gasteiger partial charge in [0.2, 0.25) is 0 Å². The molecule has 0 aliphatic heterocycles. The Kier molecular flexibility index (Phi) is 3.09. The topological polar surface area (TPSA) is 60.2 Å². The van der Waals surface area contributed by atoms with Crippen molar-refractivity contribution in [3.05, 3.63) is 6.92 Å². The van der Waals surface area contributed by atoms with E-state index in [2.05, 4.69) is 6.92 Å². The van der Waals surface area contributed by atoms with E-state index in [1.54, 1.807) is 0 Å². The molecule has 9 heavy (non-hydrogen) atoms. The van der Waals surface area contributed by atoms with Gasteiger partial charge in [-0.3, -0.25) is 9.59 Å². The van der Waals surface area contributed by atoms with E-state index in [4.69, 9.17) is 5.73 Å². The molecular formula is C6H10NO2. The zero-order valence-electron chi connectivity index (χ0n) is 5.39. The van der Waals surface area contributed by atoms with Crippen molar-refractivity contribution in [2.24, 2.45) is 5.73 Å². The van der Waals surface area contributed by atoms with Crippen LogP contribution >= 0.6 is 0 Å². The van der Waals surface area contributed by atoms with E-state index in [1.165, 1.54) is 6.92 Å². The zero-order chi connectivity index (χ0) is 7.44. The van der Waals surface area contributed by atoms with Gasteiger partial charge in [0.25, 0.3) is 0 Å². The molecule has 0 saturated carbocycles. The normalized spacial score (nSPS) is 12.8. The predicted octanol–water partition coefficient (Wildman–Crippen LogP) is -0.304. The van der Waals surface area contributed by atoms with Crippen LogP contribution in [0.4, 0.5) is 0 Å². The van der Waals surface area contributed by atoms with E-state index in [9.17, 15) is 9.59 Å².